The lowest BCUT2D eigenvalue weighted by Crippen LogP contribution is -2.26. The van der Waals surface area contributed by atoms with Crippen LogP contribution >= 0.6 is 0 Å². The number of nitrogens with one attached hydrogen (secondary N) is 1. The quantitative estimate of drug-likeness (QED) is 0.641. The molecule has 24 heavy (non-hydrogen) atoms. The smallest absolute Gasteiger partial charge is 0.412 e. The van der Waals surface area contributed by atoms with E-state index in [2.05, 4.69) is 15.0 Å². The lowest BCUT2D eigenvalue weighted by atomic mass is 10.2. The predicted molar refractivity (Wildman–Crippen MR) is 76.8 cm³/mol. The second-order valence-corrected chi connectivity index (χ2v) is 4.37. The van der Waals surface area contributed by atoms with Gasteiger partial charge in [0, 0.05) is 30.9 Å². The molecule has 2 aromatic rings. The Morgan fingerprint density at radius 2 is 2.00 bits per heavy atom. The number of alkyl halides is 2. The van der Waals surface area contributed by atoms with E-state index in [0.717, 1.165) is 0 Å². The molecule has 1 aromatic heterocycles. The topological polar surface area (TPSA) is 104 Å². The fraction of sp³-hybridized carbons (Fsp3) is 0.143. The largest absolute Gasteiger partial charge is 0.417 e. The number of amides is 1. The van der Waals surface area contributed by atoms with Crippen molar-refractivity contribution in [2.24, 2.45) is 0 Å². The van der Waals surface area contributed by atoms with Gasteiger partial charge in [0.05, 0.1) is 4.92 Å². The number of non-ortho nitro benzene ring substituents is 1. The third kappa shape index (κ3) is 5.16. The Morgan fingerprint density at radius 3 is 2.62 bits per heavy atom. The standard InChI is InChI=1S/C14H11F2N3O5/c15-13(16)24-12-7-9(5-6-17-12)8-18-14(20)23-11-3-1-10(2-4-11)19(21)22/h1-7,13H,8H2,(H,18,20). The average Bonchev–Trinajstić information content (AvgIpc) is 2.53. The van der Waals surface area contributed by atoms with Crippen molar-refractivity contribution >= 4 is 11.8 Å². The van der Waals surface area contributed by atoms with Gasteiger partial charge in [-0.15, -0.1) is 0 Å². The van der Waals surface area contributed by atoms with Crippen LogP contribution in [0.1, 0.15) is 5.56 Å². The lowest BCUT2D eigenvalue weighted by Gasteiger charge is -2.08. The fourth-order valence-corrected chi connectivity index (χ4v) is 1.67. The molecular formula is C14H11F2N3O5. The number of rotatable bonds is 6. The molecule has 0 spiro atoms. The molecule has 10 heteroatoms. The number of nitro benzene ring substituents is 1. The molecule has 0 saturated carbocycles. The van der Waals surface area contributed by atoms with Crippen molar-refractivity contribution in [3.8, 4) is 11.6 Å². The van der Waals surface area contributed by atoms with Crippen LogP contribution < -0.4 is 14.8 Å². The third-order valence-corrected chi connectivity index (χ3v) is 2.70. The molecular weight excluding hydrogens is 328 g/mol. The van der Waals surface area contributed by atoms with Gasteiger partial charge in [0.1, 0.15) is 5.75 Å². The number of ether oxygens (including phenoxy) is 2. The van der Waals surface area contributed by atoms with Gasteiger partial charge in [-0.3, -0.25) is 10.1 Å². The van der Waals surface area contributed by atoms with Gasteiger partial charge in [-0.05, 0) is 23.8 Å². The number of nitro groups is 1. The first-order chi connectivity index (χ1) is 11.4. The van der Waals surface area contributed by atoms with Gasteiger partial charge < -0.3 is 14.8 Å². The van der Waals surface area contributed by atoms with Crippen molar-refractivity contribution in [1.82, 2.24) is 10.3 Å². The zero-order valence-corrected chi connectivity index (χ0v) is 12.0. The molecule has 0 radical (unpaired) electrons. The Morgan fingerprint density at radius 1 is 1.29 bits per heavy atom. The number of pyridine rings is 1. The van der Waals surface area contributed by atoms with Gasteiger partial charge in [0.2, 0.25) is 5.88 Å². The Hall–Kier alpha value is -3.30. The summed E-state index contributed by atoms with van der Waals surface area (Å²) >= 11 is 0. The van der Waals surface area contributed by atoms with Crippen LogP contribution in [0.4, 0.5) is 19.3 Å². The number of carbonyl (C=O) groups excluding carboxylic acids is 1. The summed E-state index contributed by atoms with van der Waals surface area (Å²) in [5.41, 5.74) is 0.340. The molecule has 0 bridgehead atoms. The molecule has 0 saturated heterocycles. The first-order valence-corrected chi connectivity index (χ1v) is 6.54. The number of benzene rings is 1. The van der Waals surface area contributed by atoms with E-state index in [-0.39, 0.29) is 23.9 Å². The van der Waals surface area contributed by atoms with Gasteiger partial charge in [-0.25, -0.2) is 9.78 Å². The van der Waals surface area contributed by atoms with E-state index in [1.54, 1.807) is 0 Å². The van der Waals surface area contributed by atoms with Crippen molar-refractivity contribution in [2.75, 3.05) is 0 Å². The zero-order valence-electron chi connectivity index (χ0n) is 12.0. The summed E-state index contributed by atoms with van der Waals surface area (Å²) in [6.07, 6.45) is 0.452. The van der Waals surface area contributed by atoms with E-state index in [9.17, 15) is 23.7 Å². The summed E-state index contributed by atoms with van der Waals surface area (Å²) in [4.78, 5) is 25.2. The van der Waals surface area contributed by atoms with E-state index in [4.69, 9.17) is 4.74 Å². The van der Waals surface area contributed by atoms with Crippen molar-refractivity contribution in [3.05, 3.63) is 58.3 Å². The molecule has 1 amide bonds. The van der Waals surface area contributed by atoms with Crippen molar-refractivity contribution in [2.45, 2.75) is 13.2 Å². The molecule has 0 aliphatic heterocycles. The Balaban J connectivity index is 1.87. The molecule has 8 nitrogen and oxygen atoms in total. The van der Waals surface area contributed by atoms with Crippen LogP contribution in [0, 0.1) is 10.1 Å². The van der Waals surface area contributed by atoms with Crippen LogP contribution in [0.5, 0.6) is 11.6 Å². The molecule has 0 unspecified atom stereocenters. The second kappa shape index (κ2) is 7.81. The van der Waals surface area contributed by atoms with Gasteiger partial charge in [-0.1, -0.05) is 0 Å². The number of nitrogens with zero attached hydrogens (tertiary/aromatic N) is 2. The first kappa shape index (κ1) is 17.1. The van der Waals surface area contributed by atoms with Gasteiger partial charge in [0.15, 0.2) is 0 Å². The summed E-state index contributed by atoms with van der Waals surface area (Å²) in [5, 5.41) is 12.9. The Bertz CT molecular complexity index is 725. The highest BCUT2D eigenvalue weighted by molar-refractivity contribution is 5.70. The van der Waals surface area contributed by atoms with Crippen LogP contribution in [-0.4, -0.2) is 22.6 Å². The number of halogens is 2. The third-order valence-electron chi connectivity index (χ3n) is 2.70. The maximum absolute atomic E-state index is 12.1. The van der Waals surface area contributed by atoms with Crippen molar-refractivity contribution in [3.63, 3.8) is 0 Å². The maximum Gasteiger partial charge on any atom is 0.412 e. The monoisotopic (exact) mass is 339 g/mol. The van der Waals surface area contributed by atoms with Crippen LogP contribution in [0.2, 0.25) is 0 Å². The SMILES string of the molecule is O=C(NCc1ccnc(OC(F)F)c1)Oc1ccc([N+](=O)[O-])cc1. The summed E-state index contributed by atoms with van der Waals surface area (Å²) in [6, 6.07) is 7.69. The maximum atomic E-state index is 12.1. The minimum absolute atomic E-state index is 0.00602. The lowest BCUT2D eigenvalue weighted by molar-refractivity contribution is -0.384. The number of carbonyl (C=O) groups is 1. The molecule has 1 aromatic carbocycles. The normalized spacial score (nSPS) is 10.3. The predicted octanol–water partition coefficient (Wildman–Crippen LogP) is 2.88. The highest BCUT2D eigenvalue weighted by atomic mass is 19.3. The molecule has 0 aliphatic carbocycles. The highest BCUT2D eigenvalue weighted by Crippen LogP contribution is 2.17. The number of aromatic nitrogens is 1. The van der Waals surface area contributed by atoms with Crippen molar-refractivity contribution < 1.29 is 28.0 Å². The highest BCUT2D eigenvalue weighted by Gasteiger charge is 2.09. The first-order valence-electron chi connectivity index (χ1n) is 6.54. The number of hydrogen-bond acceptors (Lipinski definition) is 6. The fourth-order valence-electron chi connectivity index (χ4n) is 1.67. The second-order valence-electron chi connectivity index (χ2n) is 4.37. The summed E-state index contributed by atoms with van der Waals surface area (Å²) in [6.45, 7) is -3.00. The minimum Gasteiger partial charge on any atom is -0.417 e. The molecule has 126 valence electrons. The Labute approximate surface area is 134 Å². The summed E-state index contributed by atoms with van der Waals surface area (Å²) < 4.78 is 33.3. The molecule has 0 fully saturated rings. The van der Waals surface area contributed by atoms with Crippen LogP contribution in [-0.2, 0) is 6.54 Å². The van der Waals surface area contributed by atoms with Crippen LogP contribution in [0.25, 0.3) is 0 Å². The molecule has 1 heterocycles. The summed E-state index contributed by atoms with van der Waals surface area (Å²) in [7, 11) is 0. The number of hydrogen-bond donors (Lipinski definition) is 1. The van der Waals surface area contributed by atoms with Crippen LogP contribution in [0.15, 0.2) is 42.6 Å². The van der Waals surface area contributed by atoms with E-state index in [1.165, 1.54) is 42.6 Å². The van der Waals surface area contributed by atoms with E-state index >= 15 is 0 Å². The summed E-state index contributed by atoms with van der Waals surface area (Å²) in [5.74, 6) is -0.150. The molecule has 0 aliphatic rings. The Kier molecular flexibility index (Phi) is 5.55. The van der Waals surface area contributed by atoms with Crippen molar-refractivity contribution in [1.29, 1.82) is 0 Å². The van der Waals surface area contributed by atoms with E-state index in [1.807, 2.05) is 0 Å². The minimum atomic E-state index is -2.99. The van der Waals surface area contributed by atoms with Gasteiger partial charge in [0.25, 0.3) is 5.69 Å². The average molecular weight is 339 g/mol. The molecule has 1 N–H and O–H groups in total. The zero-order chi connectivity index (χ0) is 17.5. The van der Waals surface area contributed by atoms with Gasteiger partial charge in [-0.2, -0.15) is 8.78 Å². The van der Waals surface area contributed by atoms with Crippen LogP contribution in [0.3, 0.4) is 0 Å². The molecule has 0 atom stereocenters. The van der Waals surface area contributed by atoms with E-state index < -0.39 is 17.6 Å². The van der Waals surface area contributed by atoms with Gasteiger partial charge >= 0.3 is 12.7 Å². The molecule has 2 rings (SSSR count). The van der Waals surface area contributed by atoms with E-state index in [0.29, 0.717) is 5.56 Å².